The number of nitrogens with zero attached hydrogens (tertiary/aromatic N) is 2. The molecular weight excluding hydrogens is 264 g/mol. The third-order valence-electron chi connectivity index (χ3n) is 2.84. The van der Waals surface area contributed by atoms with Crippen molar-refractivity contribution < 1.29 is 9.84 Å². The van der Waals surface area contributed by atoms with Gasteiger partial charge in [-0.25, -0.2) is 0 Å². The van der Waals surface area contributed by atoms with E-state index in [9.17, 15) is 10.4 Å². The van der Waals surface area contributed by atoms with Gasteiger partial charge in [0.15, 0.2) is 0 Å². The maximum Gasteiger partial charge on any atom is 0.126 e. The Balaban J connectivity index is 2.29. The topological polar surface area (TPSA) is 66.1 Å². The average molecular weight is 280 g/mol. The highest BCUT2D eigenvalue weighted by Gasteiger charge is 2.06. The Hall–Kier alpha value is -2.80. The SMILES string of the molecule is CCCOc1ccc(C=C(C#N)c2ccccn2)c(O)c1. The Morgan fingerprint density at radius 3 is 2.86 bits per heavy atom. The third kappa shape index (κ3) is 3.83. The second-order valence-corrected chi connectivity index (χ2v) is 4.45. The summed E-state index contributed by atoms with van der Waals surface area (Å²) >= 11 is 0. The number of phenolic OH excluding ortho intramolecular Hbond substituents is 1. The molecule has 1 heterocycles. The van der Waals surface area contributed by atoms with Crippen LogP contribution in [0.15, 0.2) is 42.6 Å². The summed E-state index contributed by atoms with van der Waals surface area (Å²) in [5.74, 6) is 0.690. The van der Waals surface area contributed by atoms with Gasteiger partial charge in [-0.15, -0.1) is 0 Å². The third-order valence-corrected chi connectivity index (χ3v) is 2.84. The lowest BCUT2D eigenvalue weighted by atomic mass is 10.1. The largest absolute Gasteiger partial charge is 0.507 e. The molecule has 1 aromatic carbocycles. The van der Waals surface area contributed by atoms with Gasteiger partial charge in [-0.1, -0.05) is 13.0 Å². The van der Waals surface area contributed by atoms with Gasteiger partial charge in [0.2, 0.25) is 0 Å². The predicted octanol–water partition coefficient (Wildman–Crippen LogP) is 3.64. The summed E-state index contributed by atoms with van der Waals surface area (Å²) < 4.78 is 5.45. The first-order valence-electron chi connectivity index (χ1n) is 6.73. The minimum Gasteiger partial charge on any atom is -0.507 e. The second-order valence-electron chi connectivity index (χ2n) is 4.45. The van der Waals surface area contributed by atoms with Gasteiger partial charge in [0.25, 0.3) is 0 Å². The fourth-order valence-corrected chi connectivity index (χ4v) is 1.80. The van der Waals surface area contributed by atoms with Crippen molar-refractivity contribution in [3.05, 3.63) is 53.9 Å². The molecule has 2 aromatic rings. The van der Waals surface area contributed by atoms with Crippen molar-refractivity contribution in [2.45, 2.75) is 13.3 Å². The van der Waals surface area contributed by atoms with E-state index in [4.69, 9.17) is 4.74 Å². The number of hydrogen-bond donors (Lipinski definition) is 1. The van der Waals surface area contributed by atoms with Gasteiger partial charge in [0.1, 0.15) is 17.6 Å². The summed E-state index contributed by atoms with van der Waals surface area (Å²) in [4.78, 5) is 4.14. The number of hydrogen-bond acceptors (Lipinski definition) is 4. The predicted molar refractivity (Wildman–Crippen MR) is 81.6 cm³/mol. The van der Waals surface area contributed by atoms with Crippen LogP contribution in [0, 0.1) is 11.3 Å². The van der Waals surface area contributed by atoms with E-state index in [1.807, 2.05) is 13.0 Å². The fraction of sp³-hybridized carbons (Fsp3) is 0.176. The molecule has 106 valence electrons. The molecule has 2 rings (SSSR count). The summed E-state index contributed by atoms with van der Waals surface area (Å²) in [6, 6.07) is 12.5. The molecule has 0 unspecified atom stereocenters. The molecule has 21 heavy (non-hydrogen) atoms. The van der Waals surface area contributed by atoms with Crippen molar-refractivity contribution in [3.8, 4) is 17.6 Å². The van der Waals surface area contributed by atoms with Gasteiger partial charge >= 0.3 is 0 Å². The highest BCUT2D eigenvalue weighted by atomic mass is 16.5. The van der Waals surface area contributed by atoms with Crippen molar-refractivity contribution in [2.75, 3.05) is 6.61 Å². The van der Waals surface area contributed by atoms with Gasteiger partial charge in [0, 0.05) is 17.8 Å². The summed E-state index contributed by atoms with van der Waals surface area (Å²) in [6.45, 7) is 2.62. The lowest BCUT2D eigenvalue weighted by Crippen LogP contribution is -1.94. The highest BCUT2D eigenvalue weighted by Crippen LogP contribution is 2.27. The van der Waals surface area contributed by atoms with Gasteiger partial charge in [-0.05, 0) is 36.8 Å². The molecule has 1 N–H and O–H groups in total. The molecule has 0 spiro atoms. The van der Waals surface area contributed by atoms with Gasteiger partial charge < -0.3 is 9.84 Å². The molecule has 4 nitrogen and oxygen atoms in total. The normalized spacial score (nSPS) is 11.0. The number of pyridine rings is 1. The monoisotopic (exact) mass is 280 g/mol. The quantitative estimate of drug-likeness (QED) is 0.849. The van der Waals surface area contributed by atoms with Crippen LogP contribution >= 0.6 is 0 Å². The van der Waals surface area contributed by atoms with Crippen LogP contribution in [0.3, 0.4) is 0 Å². The van der Waals surface area contributed by atoms with E-state index in [-0.39, 0.29) is 5.75 Å². The minimum absolute atomic E-state index is 0.0762. The van der Waals surface area contributed by atoms with Gasteiger partial charge in [-0.3, -0.25) is 4.98 Å². The lowest BCUT2D eigenvalue weighted by molar-refractivity contribution is 0.315. The number of phenols is 1. The molecule has 0 aliphatic heterocycles. The number of rotatable bonds is 5. The van der Waals surface area contributed by atoms with Crippen molar-refractivity contribution in [1.29, 1.82) is 5.26 Å². The molecular formula is C17H16N2O2. The maximum atomic E-state index is 10.0. The highest BCUT2D eigenvalue weighted by molar-refractivity contribution is 5.89. The van der Waals surface area contributed by atoms with Crippen molar-refractivity contribution >= 4 is 11.6 Å². The summed E-state index contributed by atoms with van der Waals surface area (Å²) in [7, 11) is 0. The molecule has 0 saturated carbocycles. The zero-order valence-electron chi connectivity index (χ0n) is 11.8. The van der Waals surface area contributed by atoms with Crippen LogP contribution in [0.25, 0.3) is 11.6 Å². The smallest absolute Gasteiger partial charge is 0.126 e. The van der Waals surface area contributed by atoms with Crippen LogP contribution in [0.5, 0.6) is 11.5 Å². The van der Waals surface area contributed by atoms with E-state index < -0.39 is 0 Å². The van der Waals surface area contributed by atoms with Gasteiger partial charge in [-0.2, -0.15) is 5.26 Å². The second kappa shape index (κ2) is 7.11. The summed E-state index contributed by atoms with van der Waals surface area (Å²) in [5.41, 5.74) is 1.53. The lowest BCUT2D eigenvalue weighted by Gasteiger charge is -2.07. The van der Waals surface area contributed by atoms with Crippen LogP contribution in [-0.2, 0) is 0 Å². The number of nitriles is 1. The van der Waals surface area contributed by atoms with E-state index in [1.54, 1.807) is 42.6 Å². The molecule has 0 atom stereocenters. The van der Waals surface area contributed by atoms with E-state index in [0.29, 0.717) is 29.2 Å². The molecule has 0 aliphatic carbocycles. The zero-order valence-corrected chi connectivity index (χ0v) is 11.8. The Kier molecular flexibility index (Phi) is 4.94. The van der Waals surface area contributed by atoms with E-state index in [2.05, 4.69) is 11.1 Å². The Morgan fingerprint density at radius 2 is 2.24 bits per heavy atom. The summed E-state index contributed by atoms with van der Waals surface area (Å²) in [6.07, 6.45) is 4.14. The van der Waals surface area contributed by atoms with Gasteiger partial charge in [0.05, 0.1) is 17.9 Å². The zero-order chi connectivity index (χ0) is 15.1. The van der Waals surface area contributed by atoms with Crippen LogP contribution in [-0.4, -0.2) is 16.7 Å². The Bertz CT molecular complexity index is 673. The van der Waals surface area contributed by atoms with Crippen LogP contribution in [0.1, 0.15) is 24.6 Å². The minimum atomic E-state index is 0.0762. The average Bonchev–Trinajstić information content (AvgIpc) is 2.53. The van der Waals surface area contributed by atoms with E-state index >= 15 is 0 Å². The molecule has 0 saturated heterocycles. The summed E-state index contributed by atoms with van der Waals surface area (Å²) in [5, 5.41) is 19.3. The maximum absolute atomic E-state index is 10.0. The molecule has 0 bridgehead atoms. The van der Waals surface area contributed by atoms with Crippen LogP contribution < -0.4 is 4.74 Å². The van der Waals surface area contributed by atoms with Crippen molar-refractivity contribution in [3.63, 3.8) is 0 Å². The standard InChI is InChI=1S/C17H16N2O2/c1-2-9-21-15-7-6-13(17(20)11-15)10-14(12-18)16-5-3-4-8-19-16/h3-8,10-11,20H,2,9H2,1H3. The molecule has 0 aliphatic rings. The molecule has 0 fully saturated rings. The first-order valence-corrected chi connectivity index (χ1v) is 6.73. The molecule has 0 amide bonds. The number of benzene rings is 1. The van der Waals surface area contributed by atoms with E-state index in [0.717, 1.165) is 6.42 Å². The number of ether oxygens (including phenoxy) is 1. The fourth-order valence-electron chi connectivity index (χ4n) is 1.80. The van der Waals surface area contributed by atoms with Crippen molar-refractivity contribution in [1.82, 2.24) is 4.98 Å². The molecule has 4 heteroatoms. The molecule has 1 aromatic heterocycles. The van der Waals surface area contributed by atoms with Crippen LogP contribution in [0.2, 0.25) is 0 Å². The van der Waals surface area contributed by atoms with Crippen molar-refractivity contribution in [2.24, 2.45) is 0 Å². The Labute approximate surface area is 124 Å². The number of aromatic hydroxyl groups is 1. The first kappa shape index (κ1) is 14.6. The molecule has 0 radical (unpaired) electrons. The van der Waals surface area contributed by atoms with Crippen LogP contribution in [0.4, 0.5) is 0 Å². The number of allylic oxidation sites excluding steroid dienone is 1. The number of aromatic nitrogens is 1. The van der Waals surface area contributed by atoms with E-state index in [1.165, 1.54) is 0 Å². The Morgan fingerprint density at radius 1 is 1.38 bits per heavy atom. The first-order chi connectivity index (χ1) is 10.2.